The van der Waals surface area contributed by atoms with E-state index in [0.717, 1.165) is 22.3 Å². The average Bonchev–Trinajstić information content (AvgIpc) is 2.88. The summed E-state index contributed by atoms with van der Waals surface area (Å²) in [7, 11) is 0. The number of likely N-dealkylation sites (tertiary alicyclic amines) is 1. The van der Waals surface area contributed by atoms with Crippen molar-refractivity contribution in [1.82, 2.24) is 4.90 Å². The lowest BCUT2D eigenvalue weighted by atomic mass is 9.98. The molecule has 1 heterocycles. The lowest BCUT2D eigenvalue weighted by Gasteiger charge is -2.22. The van der Waals surface area contributed by atoms with Crippen LogP contribution in [0.4, 0.5) is 9.18 Å². The number of rotatable bonds is 2. The van der Waals surface area contributed by atoms with Gasteiger partial charge in [0.2, 0.25) is 0 Å². The molecule has 0 N–H and O–H groups in total. The van der Waals surface area contributed by atoms with Crippen LogP contribution in [0.5, 0.6) is 0 Å². The number of halogens is 1. The second-order valence-electron chi connectivity index (χ2n) is 6.79. The van der Waals surface area contributed by atoms with Crippen molar-refractivity contribution in [3.05, 3.63) is 59.7 Å². The van der Waals surface area contributed by atoms with Gasteiger partial charge in [0.15, 0.2) is 12.0 Å². The number of hydrogen-bond donors (Lipinski definition) is 0. The first-order valence-electron chi connectivity index (χ1n) is 8.92. The Labute approximate surface area is 151 Å². The molecule has 2 aliphatic rings. The number of ether oxygens (including phenoxy) is 1. The Kier molecular flexibility index (Phi) is 4.45. The van der Waals surface area contributed by atoms with E-state index in [1.54, 1.807) is 0 Å². The van der Waals surface area contributed by atoms with Crippen LogP contribution in [-0.2, 0) is 9.53 Å². The molecule has 1 aliphatic heterocycles. The molecule has 0 radical (unpaired) electrons. The molecule has 1 atom stereocenters. The topological polar surface area (TPSA) is 46.6 Å². The number of ketones is 1. The largest absolute Gasteiger partial charge is 0.448 e. The summed E-state index contributed by atoms with van der Waals surface area (Å²) in [5.74, 6) is -0.458. The van der Waals surface area contributed by atoms with E-state index in [9.17, 15) is 14.0 Å². The van der Waals surface area contributed by atoms with Crippen molar-refractivity contribution in [2.45, 2.75) is 24.9 Å². The zero-order valence-corrected chi connectivity index (χ0v) is 14.4. The van der Waals surface area contributed by atoms with Gasteiger partial charge in [0.05, 0.1) is 6.54 Å². The van der Waals surface area contributed by atoms with Crippen LogP contribution in [0.1, 0.15) is 29.9 Å². The minimum Gasteiger partial charge on any atom is -0.448 e. The molecule has 1 aliphatic carbocycles. The van der Waals surface area contributed by atoms with Crippen LogP contribution in [0.15, 0.2) is 48.5 Å². The van der Waals surface area contributed by atoms with Gasteiger partial charge in [-0.1, -0.05) is 48.5 Å². The molecule has 4 rings (SSSR count). The molecule has 2 aromatic rings. The number of fused-ring (bicyclic) bond motifs is 3. The van der Waals surface area contributed by atoms with Gasteiger partial charge in [-0.2, -0.15) is 0 Å². The standard InChI is InChI=1S/C21H20FNO3/c22-19-12-23(11-5-10-20(19)24)21(25)26-13-18-16-8-3-1-6-14(16)15-7-2-4-9-17(15)18/h1-4,6-9,18-19H,5,10-13H2. The van der Waals surface area contributed by atoms with Gasteiger partial charge in [0.1, 0.15) is 6.61 Å². The van der Waals surface area contributed by atoms with Crippen LogP contribution in [0, 0.1) is 0 Å². The van der Waals surface area contributed by atoms with Crippen LogP contribution < -0.4 is 0 Å². The first-order chi connectivity index (χ1) is 12.6. The molecule has 0 spiro atoms. The Balaban J connectivity index is 1.49. The maximum Gasteiger partial charge on any atom is 0.409 e. The highest BCUT2D eigenvalue weighted by atomic mass is 19.1. The van der Waals surface area contributed by atoms with Crippen LogP contribution in [0.2, 0.25) is 0 Å². The van der Waals surface area contributed by atoms with Gasteiger partial charge < -0.3 is 9.64 Å². The summed E-state index contributed by atoms with van der Waals surface area (Å²) in [6.07, 6.45) is -1.51. The maximum atomic E-state index is 13.8. The van der Waals surface area contributed by atoms with E-state index in [-0.39, 0.29) is 25.5 Å². The molecule has 1 fully saturated rings. The van der Waals surface area contributed by atoms with E-state index < -0.39 is 18.0 Å². The molecule has 2 aromatic carbocycles. The smallest absolute Gasteiger partial charge is 0.409 e. The Bertz CT molecular complexity index is 805. The number of Topliss-reactive ketones (excluding diaryl/α,β-unsaturated/α-hetero) is 1. The minimum atomic E-state index is -1.61. The van der Waals surface area contributed by atoms with E-state index in [1.807, 2.05) is 24.3 Å². The number of nitrogens with zero attached hydrogens (tertiary/aromatic N) is 1. The van der Waals surface area contributed by atoms with E-state index in [4.69, 9.17) is 4.74 Å². The average molecular weight is 353 g/mol. The molecule has 0 aromatic heterocycles. The van der Waals surface area contributed by atoms with E-state index >= 15 is 0 Å². The van der Waals surface area contributed by atoms with Crippen molar-refractivity contribution in [1.29, 1.82) is 0 Å². The molecule has 1 unspecified atom stereocenters. The summed E-state index contributed by atoms with van der Waals surface area (Å²) in [4.78, 5) is 25.2. The van der Waals surface area contributed by atoms with Gasteiger partial charge in [-0.05, 0) is 28.7 Å². The lowest BCUT2D eigenvalue weighted by Crippen LogP contribution is -2.37. The molecule has 5 heteroatoms. The normalized spacial score (nSPS) is 19.7. The van der Waals surface area contributed by atoms with Crippen LogP contribution in [0.3, 0.4) is 0 Å². The summed E-state index contributed by atoms with van der Waals surface area (Å²) in [5, 5.41) is 0. The first-order valence-corrected chi connectivity index (χ1v) is 8.92. The number of carbonyl (C=O) groups excluding carboxylic acids is 2. The van der Waals surface area contributed by atoms with Crippen molar-refractivity contribution >= 4 is 11.9 Å². The summed E-state index contributed by atoms with van der Waals surface area (Å²) in [6, 6.07) is 16.2. The van der Waals surface area contributed by atoms with Crippen LogP contribution >= 0.6 is 0 Å². The Hall–Kier alpha value is -2.69. The molecule has 134 valence electrons. The zero-order valence-electron chi connectivity index (χ0n) is 14.4. The van der Waals surface area contributed by atoms with Gasteiger partial charge in [-0.25, -0.2) is 9.18 Å². The molecule has 0 saturated carbocycles. The molecule has 26 heavy (non-hydrogen) atoms. The number of alkyl halides is 1. The molecule has 1 amide bonds. The Morgan fingerprint density at radius 1 is 1.08 bits per heavy atom. The van der Waals surface area contributed by atoms with Crippen molar-refractivity contribution in [2.24, 2.45) is 0 Å². The fourth-order valence-electron chi connectivity index (χ4n) is 3.84. The summed E-state index contributed by atoms with van der Waals surface area (Å²) in [5.41, 5.74) is 4.59. The van der Waals surface area contributed by atoms with Crippen LogP contribution in [-0.4, -0.2) is 42.6 Å². The molecule has 4 nitrogen and oxygen atoms in total. The molecular weight excluding hydrogens is 333 g/mol. The Morgan fingerprint density at radius 3 is 2.35 bits per heavy atom. The van der Waals surface area contributed by atoms with E-state index in [0.29, 0.717) is 13.0 Å². The molecular formula is C21H20FNO3. The fraction of sp³-hybridized carbons (Fsp3) is 0.333. The van der Waals surface area contributed by atoms with Gasteiger partial charge >= 0.3 is 6.09 Å². The monoisotopic (exact) mass is 353 g/mol. The number of hydrogen-bond acceptors (Lipinski definition) is 3. The second-order valence-corrected chi connectivity index (χ2v) is 6.79. The first kappa shape index (κ1) is 16.8. The van der Waals surface area contributed by atoms with Gasteiger partial charge in [0.25, 0.3) is 0 Å². The highest BCUT2D eigenvalue weighted by molar-refractivity contribution is 5.84. The number of amides is 1. The number of benzene rings is 2. The number of carbonyl (C=O) groups is 2. The summed E-state index contributed by atoms with van der Waals surface area (Å²) >= 11 is 0. The quantitative estimate of drug-likeness (QED) is 0.822. The zero-order chi connectivity index (χ0) is 18.1. The van der Waals surface area contributed by atoms with Crippen molar-refractivity contribution in [2.75, 3.05) is 19.7 Å². The predicted molar refractivity (Wildman–Crippen MR) is 95.8 cm³/mol. The van der Waals surface area contributed by atoms with E-state index in [2.05, 4.69) is 24.3 Å². The highest BCUT2D eigenvalue weighted by Gasteiger charge is 2.31. The minimum absolute atomic E-state index is 0.0267. The van der Waals surface area contributed by atoms with Crippen molar-refractivity contribution < 1.29 is 18.7 Å². The SMILES string of the molecule is O=C1CCCN(C(=O)OCC2c3ccccc3-c3ccccc32)CC1F. The summed E-state index contributed by atoms with van der Waals surface area (Å²) in [6.45, 7) is 0.340. The van der Waals surface area contributed by atoms with Gasteiger partial charge in [-0.15, -0.1) is 0 Å². The maximum absolute atomic E-state index is 13.8. The molecule has 0 bridgehead atoms. The van der Waals surface area contributed by atoms with Crippen molar-refractivity contribution in [3.63, 3.8) is 0 Å². The van der Waals surface area contributed by atoms with E-state index in [1.165, 1.54) is 4.90 Å². The third kappa shape index (κ3) is 2.98. The Morgan fingerprint density at radius 2 is 1.69 bits per heavy atom. The fourth-order valence-corrected chi connectivity index (χ4v) is 3.84. The third-order valence-corrected chi connectivity index (χ3v) is 5.18. The molecule has 1 saturated heterocycles. The third-order valence-electron chi connectivity index (χ3n) is 5.18. The van der Waals surface area contributed by atoms with Crippen molar-refractivity contribution in [3.8, 4) is 11.1 Å². The van der Waals surface area contributed by atoms with Gasteiger partial charge in [0, 0.05) is 18.9 Å². The van der Waals surface area contributed by atoms with Gasteiger partial charge in [-0.3, -0.25) is 4.79 Å². The second kappa shape index (κ2) is 6.90. The summed E-state index contributed by atoms with van der Waals surface area (Å²) < 4.78 is 19.3. The predicted octanol–water partition coefficient (Wildman–Crippen LogP) is 3.94. The lowest BCUT2D eigenvalue weighted by molar-refractivity contribution is -0.123. The van der Waals surface area contributed by atoms with Crippen LogP contribution in [0.25, 0.3) is 11.1 Å². The highest BCUT2D eigenvalue weighted by Crippen LogP contribution is 2.44.